The van der Waals surface area contributed by atoms with E-state index in [1.807, 2.05) is 0 Å². The first-order valence-electron chi connectivity index (χ1n) is 6.06. The number of urea groups is 1. The molecule has 108 valence electrons. The van der Waals surface area contributed by atoms with E-state index in [-0.39, 0.29) is 11.5 Å². The number of amides is 3. The van der Waals surface area contributed by atoms with Crippen molar-refractivity contribution in [1.82, 2.24) is 10.6 Å². The van der Waals surface area contributed by atoms with Crippen molar-refractivity contribution >= 4 is 17.9 Å². The lowest BCUT2D eigenvalue weighted by atomic mass is 10.1. The Morgan fingerprint density at radius 2 is 2.05 bits per heavy atom. The van der Waals surface area contributed by atoms with Gasteiger partial charge >= 0.3 is 12.0 Å². The summed E-state index contributed by atoms with van der Waals surface area (Å²) in [5.74, 6) is -1.34. The van der Waals surface area contributed by atoms with Crippen LogP contribution >= 0.6 is 0 Å². The molecule has 0 bridgehead atoms. The van der Waals surface area contributed by atoms with Crippen molar-refractivity contribution in [1.29, 1.82) is 0 Å². The number of carbonyl (C=O) groups is 3. The van der Waals surface area contributed by atoms with Crippen LogP contribution in [0.15, 0.2) is 24.3 Å². The van der Waals surface area contributed by atoms with Crippen LogP contribution in [0, 0.1) is 0 Å². The molecule has 1 aromatic rings. The summed E-state index contributed by atoms with van der Waals surface area (Å²) in [6, 6.07) is 5.02. The van der Waals surface area contributed by atoms with Crippen molar-refractivity contribution in [3.63, 3.8) is 0 Å². The lowest BCUT2D eigenvalue weighted by molar-refractivity contribution is -0.122. The van der Waals surface area contributed by atoms with E-state index in [0.29, 0.717) is 13.0 Å². The Morgan fingerprint density at radius 1 is 1.35 bits per heavy atom. The van der Waals surface area contributed by atoms with Crippen LogP contribution < -0.4 is 16.4 Å². The molecule has 0 spiro atoms. The third kappa shape index (κ3) is 4.97. The SMILES string of the molecule is CC(NC(N)=O)C(=O)NCCc1cccc(C(=O)O)c1. The van der Waals surface area contributed by atoms with Gasteiger partial charge in [-0.25, -0.2) is 9.59 Å². The van der Waals surface area contributed by atoms with Gasteiger partial charge in [-0.1, -0.05) is 12.1 Å². The molecule has 1 aromatic carbocycles. The first-order valence-corrected chi connectivity index (χ1v) is 6.06. The highest BCUT2D eigenvalue weighted by Crippen LogP contribution is 2.05. The van der Waals surface area contributed by atoms with Crippen LogP contribution in [0.5, 0.6) is 0 Å². The molecule has 1 unspecified atom stereocenters. The maximum atomic E-state index is 11.6. The van der Waals surface area contributed by atoms with Gasteiger partial charge in [-0.15, -0.1) is 0 Å². The second kappa shape index (κ2) is 7.13. The molecule has 0 saturated carbocycles. The Bertz CT molecular complexity index is 516. The van der Waals surface area contributed by atoms with Crippen molar-refractivity contribution < 1.29 is 19.5 Å². The third-order valence-electron chi connectivity index (χ3n) is 2.64. The van der Waals surface area contributed by atoms with Gasteiger partial charge in [0.25, 0.3) is 0 Å². The van der Waals surface area contributed by atoms with Gasteiger partial charge in [0.2, 0.25) is 5.91 Å². The molecule has 0 radical (unpaired) electrons. The number of aromatic carboxylic acids is 1. The number of rotatable bonds is 6. The fourth-order valence-corrected chi connectivity index (χ4v) is 1.62. The zero-order chi connectivity index (χ0) is 15.1. The molecule has 0 heterocycles. The smallest absolute Gasteiger partial charge is 0.335 e. The van der Waals surface area contributed by atoms with E-state index in [4.69, 9.17) is 10.8 Å². The van der Waals surface area contributed by atoms with E-state index in [0.717, 1.165) is 5.56 Å². The highest BCUT2D eigenvalue weighted by atomic mass is 16.4. The first kappa shape index (κ1) is 15.5. The quantitative estimate of drug-likeness (QED) is 0.590. The second-order valence-corrected chi connectivity index (χ2v) is 4.28. The lowest BCUT2D eigenvalue weighted by Crippen LogP contribution is -2.47. The summed E-state index contributed by atoms with van der Waals surface area (Å²) in [5.41, 5.74) is 5.92. The van der Waals surface area contributed by atoms with Crippen LogP contribution in [0.2, 0.25) is 0 Å². The van der Waals surface area contributed by atoms with Crippen LogP contribution in [-0.4, -0.2) is 35.6 Å². The van der Waals surface area contributed by atoms with Crippen LogP contribution in [0.3, 0.4) is 0 Å². The van der Waals surface area contributed by atoms with Gasteiger partial charge in [0.1, 0.15) is 6.04 Å². The van der Waals surface area contributed by atoms with Gasteiger partial charge in [0.05, 0.1) is 5.56 Å². The molecule has 1 rings (SSSR count). The van der Waals surface area contributed by atoms with E-state index < -0.39 is 18.0 Å². The maximum absolute atomic E-state index is 11.6. The summed E-state index contributed by atoms with van der Waals surface area (Å²) < 4.78 is 0. The Balaban J connectivity index is 2.44. The van der Waals surface area contributed by atoms with Crippen LogP contribution in [0.1, 0.15) is 22.8 Å². The number of primary amides is 1. The Labute approximate surface area is 116 Å². The summed E-state index contributed by atoms with van der Waals surface area (Å²) in [5, 5.41) is 13.8. The normalized spacial score (nSPS) is 11.4. The van der Waals surface area contributed by atoms with Crippen molar-refractivity contribution in [2.24, 2.45) is 5.73 Å². The fourth-order valence-electron chi connectivity index (χ4n) is 1.62. The summed E-state index contributed by atoms with van der Waals surface area (Å²) in [7, 11) is 0. The predicted molar refractivity (Wildman–Crippen MR) is 72.3 cm³/mol. The van der Waals surface area contributed by atoms with Gasteiger partial charge in [0, 0.05) is 6.54 Å². The average Bonchev–Trinajstić information content (AvgIpc) is 2.38. The zero-order valence-corrected chi connectivity index (χ0v) is 11.1. The number of nitrogens with one attached hydrogen (secondary N) is 2. The molecule has 0 aliphatic heterocycles. The van der Waals surface area contributed by atoms with E-state index in [1.54, 1.807) is 18.2 Å². The predicted octanol–water partition coefficient (Wildman–Crippen LogP) is 0.100. The molecule has 5 N–H and O–H groups in total. The fraction of sp³-hybridized carbons (Fsp3) is 0.308. The molecule has 0 saturated heterocycles. The van der Waals surface area contributed by atoms with E-state index >= 15 is 0 Å². The van der Waals surface area contributed by atoms with E-state index in [9.17, 15) is 14.4 Å². The van der Waals surface area contributed by atoms with Gasteiger partial charge in [-0.3, -0.25) is 4.79 Å². The number of carbonyl (C=O) groups excluding carboxylic acids is 2. The van der Waals surface area contributed by atoms with Crippen molar-refractivity contribution in [3.8, 4) is 0 Å². The molecular weight excluding hydrogens is 262 g/mol. The van der Waals surface area contributed by atoms with Gasteiger partial charge in [0.15, 0.2) is 0 Å². The molecule has 20 heavy (non-hydrogen) atoms. The molecule has 0 aliphatic rings. The number of nitrogens with two attached hydrogens (primary N) is 1. The topological polar surface area (TPSA) is 122 Å². The molecule has 3 amide bonds. The summed E-state index contributed by atoms with van der Waals surface area (Å²) in [6.07, 6.45) is 0.496. The molecule has 0 fully saturated rings. The zero-order valence-electron chi connectivity index (χ0n) is 11.1. The largest absolute Gasteiger partial charge is 0.478 e. The third-order valence-corrected chi connectivity index (χ3v) is 2.64. The monoisotopic (exact) mass is 279 g/mol. The second-order valence-electron chi connectivity index (χ2n) is 4.28. The van der Waals surface area contributed by atoms with Crippen LogP contribution in [0.25, 0.3) is 0 Å². The summed E-state index contributed by atoms with van der Waals surface area (Å²) in [6.45, 7) is 1.86. The number of carboxylic acid groups (broad SMARTS) is 1. The number of benzene rings is 1. The minimum absolute atomic E-state index is 0.206. The molecule has 0 aliphatic carbocycles. The molecule has 7 nitrogen and oxygen atoms in total. The van der Waals surface area contributed by atoms with Gasteiger partial charge < -0.3 is 21.5 Å². The molecule has 7 heteroatoms. The Kier molecular flexibility index (Phi) is 5.52. The summed E-state index contributed by atoms with van der Waals surface area (Å²) >= 11 is 0. The van der Waals surface area contributed by atoms with Crippen molar-refractivity contribution in [2.45, 2.75) is 19.4 Å². The summed E-state index contributed by atoms with van der Waals surface area (Å²) in [4.78, 5) is 33.0. The van der Waals surface area contributed by atoms with E-state index in [2.05, 4.69) is 10.6 Å². The first-order chi connectivity index (χ1) is 9.40. The number of hydrogen-bond donors (Lipinski definition) is 4. The molecular formula is C13H17N3O4. The van der Waals surface area contributed by atoms with Gasteiger partial charge in [-0.2, -0.15) is 0 Å². The Morgan fingerprint density at radius 3 is 2.65 bits per heavy atom. The number of hydrogen-bond acceptors (Lipinski definition) is 3. The van der Waals surface area contributed by atoms with Gasteiger partial charge in [-0.05, 0) is 31.0 Å². The minimum atomic E-state index is -0.991. The lowest BCUT2D eigenvalue weighted by Gasteiger charge is -2.12. The standard InChI is InChI=1S/C13H17N3O4/c1-8(16-13(14)20)11(17)15-6-5-9-3-2-4-10(7-9)12(18)19/h2-4,7-8H,5-6H2,1H3,(H,15,17)(H,18,19)(H3,14,16,20). The maximum Gasteiger partial charge on any atom is 0.335 e. The van der Waals surface area contributed by atoms with Crippen LogP contribution in [0.4, 0.5) is 4.79 Å². The van der Waals surface area contributed by atoms with Crippen molar-refractivity contribution in [3.05, 3.63) is 35.4 Å². The Hall–Kier alpha value is -2.57. The number of carboxylic acids is 1. The van der Waals surface area contributed by atoms with E-state index in [1.165, 1.54) is 13.0 Å². The van der Waals surface area contributed by atoms with Crippen molar-refractivity contribution in [2.75, 3.05) is 6.54 Å². The van der Waals surface area contributed by atoms with Crippen LogP contribution in [-0.2, 0) is 11.2 Å². The minimum Gasteiger partial charge on any atom is -0.478 e. The average molecular weight is 279 g/mol. The molecule has 1 atom stereocenters. The highest BCUT2D eigenvalue weighted by Gasteiger charge is 2.13. The highest BCUT2D eigenvalue weighted by molar-refractivity contribution is 5.87. The molecule has 0 aromatic heterocycles.